The highest BCUT2D eigenvalue weighted by molar-refractivity contribution is 5.92. The average molecular weight is 553 g/mol. The van der Waals surface area contributed by atoms with Gasteiger partial charge in [-0.25, -0.2) is 4.79 Å². The molecule has 8 rings (SSSR count). The number of nitrogens with one attached hydrogen (secondary N) is 1. The summed E-state index contributed by atoms with van der Waals surface area (Å²) in [7, 11) is 2.10. The molecular weight excluding hydrogens is 508 g/mol. The lowest BCUT2D eigenvalue weighted by Crippen LogP contribution is -2.79. The first kappa shape index (κ1) is 26.9. The Morgan fingerprint density at radius 3 is 2.88 bits per heavy atom. The predicted molar refractivity (Wildman–Crippen MR) is 149 cm³/mol. The number of hydrogen-bond acceptors (Lipinski definition) is 7. The summed E-state index contributed by atoms with van der Waals surface area (Å²) in [5.74, 6) is -1.29. The van der Waals surface area contributed by atoms with Gasteiger partial charge in [-0.1, -0.05) is 26.0 Å². The first-order valence-corrected chi connectivity index (χ1v) is 15.2. The molecule has 8 atom stereocenters. The van der Waals surface area contributed by atoms with Gasteiger partial charge in [-0.05, 0) is 75.6 Å². The van der Waals surface area contributed by atoms with Crippen molar-refractivity contribution in [1.82, 2.24) is 9.88 Å². The van der Waals surface area contributed by atoms with Crippen molar-refractivity contribution in [2.45, 2.75) is 102 Å². The third-order valence-corrected chi connectivity index (χ3v) is 11.9. The molecule has 8 nitrogen and oxygen atoms in total. The first-order valence-electron chi connectivity index (χ1n) is 15.2. The van der Waals surface area contributed by atoms with Crippen molar-refractivity contribution < 1.29 is 29.2 Å². The van der Waals surface area contributed by atoms with Gasteiger partial charge in [0.2, 0.25) is 0 Å². The number of allylic oxidation sites excluding steroid dienone is 1. The maximum Gasteiger partial charge on any atom is 0.340 e. The Bertz CT molecular complexity index is 1320. The van der Waals surface area contributed by atoms with E-state index < -0.39 is 34.6 Å². The van der Waals surface area contributed by atoms with E-state index >= 15 is 0 Å². The minimum Gasteiger partial charge on any atom is -0.454 e. The van der Waals surface area contributed by atoms with Crippen LogP contribution in [-0.2, 0) is 20.6 Å². The van der Waals surface area contributed by atoms with Crippen molar-refractivity contribution in [3.63, 3.8) is 0 Å². The number of nitrogens with zero attached hydrogens (tertiary/aromatic N) is 1. The number of aromatic nitrogens is 1. The number of aromatic amines is 1. The molecule has 4 bridgehead atoms. The second-order valence-electron chi connectivity index (χ2n) is 13.8. The Balaban J connectivity index is 1.32. The molecule has 3 N–H and O–H groups in total. The van der Waals surface area contributed by atoms with E-state index in [1.54, 1.807) is 0 Å². The van der Waals surface area contributed by atoms with Crippen molar-refractivity contribution in [2.75, 3.05) is 26.7 Å². The fourth-order valence-corrected chi connectivity index (χ4v) is 10.0. The van der Waals surface area contributed by atoms with Crippen LogP contribution in [0.25, 0.3) is 0 Å². The Kier molecular flexibility index (Phi) is 5.74. The number of rotatable bonds is 4. The van der Waals surface area contributed by atoms with E-state index in [0.717, 1.165) is 48.2 Å². The van der Waals surface area contributed by atoms with Crippen LogP contribution in [0.2, 0.25) is 0 Å². The second kappa shape index (κ2) is 8.54. The molecule has 40 heavy (non-hydrogen) atoms. The number of esters is 1. The summed E-state index contributed by atoms with van der Waals surface area (Å²) < 4.78 is 20.0. The summed E-state index contributed by atoms with van der Waals surface area (Å²) in [6.45, 7) is 10.2. The van der Waals surface area contributed by atoms with Crippen molar-refractivity contribution in [3.8, 4) is 0 Å². The summed E-state index contributed by atoms with van der Waals surface area (Å²) in [6.07, 6.45) is 9.66. The zero-order chi connectivity index (χ0) is 28.3. The lowest BCUT2D eigenvalue weighted by Gasteiger charge is -2.73. The summed E-state index contributed by atoms with van der Waals surface area (Å²) in [4.78, 5) is 19.0. The Hall–Kier alpha value is -1.97. The summed E-state index contributed by atoms with van der Waals surface area (Å²) in [5.41, 5.74) is 1.80. The molecule has 4 aliphatic carbocycles. The fourth-order valence-electron chi connectivity index (χ4n) is 10.0. The lowest BCUT2D eigenvalue weighted by atomic mass is 9.41. The van der Waals surface area contributed by atoms with Crippen LogP contribution in [-0.4, -0.2) is 82.0 Å². The number of hydrogen-bond donors (Lipinski definition) is 3. The van der Waals surface area contributed by atoms with E-state index in [4.69, 9.17) is 14.2 Å². The van der Waals surface area contributed by atoms with Crippen molar-refractivity contribution in [3.05, 3.63) is 46.3 Å². The number of H-pyrrole nitrogens is 1. The normalized spacial score (nSPS) is 44.6. The summed E-state index contributed by atoms with van der Waals surface area (Å²) >= 11 is 0. The van der Waals surface area contributed by atoms with Crippen molar-refractivity contribution >= 4 is 5.97 Å². The molecule has 3 saturated heterocycles. The van der Waals surface area contributed by atoms with Gasteiger partial charge in [0.25, 0.3) is 0 Å². The molecule has 0 aromatic carbocycles. The molecule has 4 heterocycles. The number of fused-ring (bicyclic) bond motifs is 1. The van der Waals surface area contributed by atoms with E-state index in [0.29, 0.717) is 44.4 Å². The minimum atomic E-state index is -1.22. The SMILES string of the molecule is CCc1[nH]cc(C)c1C(=O)OC(C)C1=CC[C@@]23OCCN(C)CC12CC(O)C12O[C@@]4(O)CC[C@@]1(C)[C@H](CC=C23)C4. The van der Waals surface area contributed by atoms with E-state index in [-0.39, 0.29) is 17.3 Å². The molecule has 7 aliphatic rings. The van der Waals surface area contributed by atoms with Crippen molar-refractivity contribution in [2.24, 2.45) is 16.7 Å². The average Bonchev–Trinajstić information content (AvgIpc) is 3.37. The van der Waals surface area contributed by atoms with Gasteiger partial charge in [-0.2, -0.15) is 0 Å². The van der Waals surface area contributed by atoms with Gasteiger partial charge in [0.15, 0.2) is 5.79 Å². The van der Waals surface area contributed by atoms with Crippen LogP contribution in [0.1, 0.15) is 80.9 Å². The highest BCUT2D eigenvalue weighted by atomic mass is 16.7. The summed E-state index contributed by atoms with van der Waals surface area (Å²) in [5, 5.41) is 23.8. The smallest absolute Gasteiger partial charge is 0.340 e. The van der Waals surface area contributed by atoms with E-state index in [2.05, 4.69) is 36.0 Å². The monoisotopic (exact) mass is 552 g/mol. The van der Waals surface area contributed by atoms with Gasteiger partial charge in [0.05, 0.1) is 18.3 Å². The second-order valence-corrected chi connectivity index (χ2v) is 13.8. The summed E-state index contributed by atoms with van der Waals surface area (Å²) in [6, 6.07) is 0. The topological polar surface area (TPSA) is 104 Å². The number of aliphatic hydroxyl groups excluding tert-OH is 1. The highest BCUT2D eigenvalue weighted by Crippen LogP contribution is 2.74. The van der Waals surface area contributed by atoms with E-state index in [1.165, 1.54) is 0 Å². The molecule has 0 radical (unpaired) electrons. The fraction of sp³-hybridized carbons (Fsp3) is 0.719. The maximum atomic E-state index is 13.5. The molecule has 8 heteroatoms. The Labute approximate surface area is 236 Å². The quantitative estimate of drug-likeness (QED) is 0.386. The van der Waals surface area contributed by atoms with Gasteiger partial charge in [-0.3, -0.25) is 0 Å². The standard InChI is InChI=1S/C32H44N2O6/c1-6-23-26(19(2)17-33-23)27(36)39-20(3)22-9-10-31-24-8-7-21-15-30(37)12-11-28(21,4)32(24,40-30)25(35)16-29(22,31)18-34(5)13-14-38-31/h8-9,17,20-21,25,33,35,37H,6-7,10-16,18H2,1-5H3/t20?,21-,25?,28+,29?,30+,31+,32?/m1/s1. The zero-order valence-corrected chi connectivity index (χ0v) is 24.5. The molecule has 218 valence electrons. The number of carbonyl (C=O) groups excluding carboxylic acids is 1. The molecule has 3 aliphatic heterocycles. The molecule has 2 saturated carbocycles. The first-order chi connectivity index (χ1) is 19.0. The van der Waals surface area contributed by atoms with Crippen LogP contribution in [0.15, 0.2) is 29.5 Å². The van der Waals surface area contributed by atoms with E-state index in [9.17, 15) is 15.0 Å². The largest absolute Gasteiger partial charge is 0.454 e. The van der Waals surface area contributed by atoms with Gasteiger partial charge >= 0.3 is 5.97 Å². The zero-order valence-electron chi connectivity index (χ0n) is 24.5. The molecular formula is C32H44N2O6. The third-order valence-electron chi connectivity index (χ3n) is 11.9. The van der Waals surface area contributed by atoms with E-state index in [1.807, 2.05) is 27.0 Å². The number of likely N-dealkylation sites (N-methyl/N-ethyl adjacent to an activating group) is 1. The lowest BCUT2D eigenvalue weighted by molar-refractivity contribution is -0.401. The number of carbonyl (C=O) groups is 1. The third kappa shape index (κ3) is 3.12. The van der Waals surface area contributed by atoms with Gasteiger partial charge in [0, 0.05) is 48.7 Å². The Morgan fingerprint density at radius 1 is 1.30 bits per heavy atom. The van der Waals surface area contributed by atoms with Gasteiger partial charge in [-0.15, -0.1) is 0 Å². The number of aryl methyl sites for hydroxylation is 2. The number of aliphatic hydroxyl groups is 2. The van der Waals surface area contributed by atoms with Crippen LogP contribution in [0, 0.1) is 23.7 Å². The van der Waals surface area contributed by atoms with Crippen LogP contribution < -0.4 is 0 Å². The van der Waals surface area contributed by atoms with Gasteiger partial charge < -0.3 is 34.3 Å². The van der Waals surface area contributed by atoms with Crippen LogP contribution in [0.5, 0.6) is 0 Å². The molecule has 0 amide bonds. The highest BCUT2D eigenvalue weighted by Gasteiger charge is 2.79. The predicted octanol–water partition coefficient (Wildman–Crippen LogP) is 3.81. The van der Waals surface area contributed by atoms with Gasteiger partial charge in [0.1, 0.15) is 17.3 Å². The molecule has 1 spiro atoms. The van der Waals surface area contributed by atoms with Crippen LogP contribution >= 0.6 is 0 Å². The van der Waals surface area contributed by atoms with Crippen molar-refractivity contribution in [1.29, 1.82) is 0 Å². The Morgan fingerprint density at radius 2 is 2.10 bits per heavy atom. The van der Waals surface area contributed by atoms with Crippen LogP contribution in [0.4, 0.5) is 0 Å². The molecule has 4 unspecified atom stereocenters. The number of ether oxygens (including phenoxy) is 3. The minimum absolute atomic E-state index is 0.252. The molecule has 1 aromatic heterocycles. The maximum absolute atomic E-state index is 13.5. The van der Waals surface area contributed by atoms with Crippen LogP contribution in [0.3, 0.4) is 0 Å². The molecule has 5 fully saturated rings. The molecule has 1 aromatic rings.